The van der Waals surface area contributed by atoms with Crippen LogP contribution in [0.15, 0.2) is 24.4 Å². The van der Waals surface area contributed by atoms with Crippen LogP contribution in [0.1, 0.15) is 25.5 Å². The average Bonchev–Trinajstić information content (AvgIpc) is 3.00. The van der Waals surface area contributed by atoms with Gasteiger partial charge in [-0.3, -0.25) is 14.8 Å². The number of nitrogens with one attached hydrogen (secondary N) is 1. The lowest BCUT2D eigenvalue weighted by Crippen LogP contribution is -2.51. The molecule has 1 fully saturated rings. The Morgan fingerprint density at radius 2 is 2.08 bits per heavy atom. The number of aromatic nitrogens is 2. The summed E-state index contributed by atoms with van der Waals surface area (Å²) >= 11 is 0. The van der Waals surface area contributed by atoms with E-state index in [1.807, 2.05) is 31.3 Å². The molecular formula is C18H20N4O4. The number of carbonyl (C=O) groups is 2. The quantitative estimate of drug-likeness (QED) is 0.861. The van der Waals surface area contributed by atoms with Crippen LogP contribution >= 0.6 is 0 Å². The molecule has 8 heteroatoms. The molecule has 26 heavy (non-hydrogen) atoms. The Bertz CT molecular complexity index is 874. The van der Waals surface area contributed by atoms with E-state index in [4.69, 9.17) is 4.74 Å². The Kier molecular flexibility index (Phi) is 3.91. The molecule has 2 aromatic rings. The number of ether oxygens (including phenoxy) is 1. The van der Waals surface area contributed by atoms with Crippen molar-refractivity contribution >= 4 is 23.4 Å². The fourth-order valence-corrected chi connectivity index (χ4v) is 3.69. The molecule has 1 aromatic heterocycles. The number of aromatic amines is 1. The van der Waals surface area contributed by atoms with Gasteiger partial charge in [0, 0.05) is 25.2 Å². The molecule has 0 radical (unpaired) electrons. The van der Waals surface area contributed by atoms with Crippen LogP contribution in [0.5, 0.6) is 0 Å². The first kappa shape index (κ1) is 16.6. The van der Waals surface area contributed by atoms with Gasteiger partial charge in [-0.2, -0.15) is 5.10 Å². The molecule has 0 bridgehead atoms. The molecule has 1 aromatic carbocycles. The summed E-state index contributed by atoms with van der Waals surface area (Å²) in [6.45, 7) is 4.85. The van der Waals surface area contributed by atoms with Crippen molar-refractivity contribution in [3.05, 3.63) is 30.1 Å². The number of nitrogens with zero attached hydrogens (tertiary/aromatic N) is 3. The highest BCUT2D eigenvalue weighted by molar-refractivity contribution is 6.02. The van der Waals surface area contributed by atoms with Gasteiger partial charge in [0.25, 0.3) is 0 Å². The number of fused-ring (bicyclic) bond motifs is 1. The summed E-state index contributed by atoms with van der Waals surface area (Å²) in [4.78, 5) is 26.8. The normalized spacial score (nSPS) is 19.8. The zero-order valence-corrected chi connectivity index (χ0v) is 14.6. The van der Waals surface area contributed by atoms with Gasteiger partial charge in [0.2, 0.25) is 5.91 Å². The van der Waals surface area contributed by atoms with E-state index in [1.54, 1.807) is 4.90 Å². The number of anilines is 2. The second kappa shape index (κ2) is 6.14. The van der Waals surface area contributed by atoms with Gasteiger partial charge >= 0.3 is 6.09 Å². The highest BCUT2D eigenvalue weighted by Crippen LogP contribution is 2.40. The Morgan fingerprint density at radius 3 is 2.69 bits per heavy atom. The molecule has 2 aliphatic rings. The fourth-order valence-electron chi connectivity index (χ4n) is 3.69. The van der Waals surface area contributed by atoms with E-state index in [-0.39, 0.29) is 24.4 Å². The van der Waals surface area contributed by atoms with Crippen molar-refractivity contribution in [1.82, 2.24) is 10.2 Å². The number of amides is 2. The van der Waals surface area contributed by atoms with Gasteiger partial charge in [0.15, 0.2) is 0 Å². The molecule has 2 aliphatic heterocycles. The second-order valence-corrected chi connectivity index (χ2v) is 6.75. The van der Waals surface area contributed by atoms with E-state index in [1.165, 1.54) is 11.8 Å². The summed E-state index contributed by atoms with van der Waals surface area (Å²) < 4.78 is 5.26. The second-order valence-electron chi connectivity index (χ2n) is 6.75. The number of rotatable bonds is 2. The lowest BCUT2D eigenvalue weighted by molar-refractivity contribution is -0.117. The largest absolute Gasteiger partial charge is 0.465 e. The van der Waals surface area contributed by atoms with Crippen LogP contribution in [0.3, 0.4) is 0 Å². The maximum atomic E-state index is 12.1. The smallest absolute Gasteiger partial charge is 0.411 e. The molecule has 8 nitrogen and oxygen atoms in total. The minimum atomic E-state index is -1.03. The standard InChI is InChI=1S/C18H20N4O4/c1-10-7-21(18(24)25)16-5-12(3-4-15(16)22(10)11(2)23)14-6-19-20-17(14)13-8-26-9-13/h3-6,10,13H,7-9H2,1-2H3,(H,19,20)(H,24,25)/t10-/m0/s1. The number of carboxylic acid groups (broad SMARTS) is 1. The molecular weight excluding hydrogens is 336 g/mol. The monoisotopic (exact) mass is 356 g/mol. The third-order valence-corrected chi connectivity index (χ3v) is 4.99. The van der Waals surface area contributed by atoms with E-state index in [2.05, 4.69) is 10.2 Å². The maximum Gasteiger partial charge on any atom is 0.411 e. The lowest BCUT2D eigenvalue weighted by Gasteiger charge is -2.39. The number of carbonyl (C=O) groups excluding carboxylic acids is 1. The first-order valence-corrected chi connectivity index (χ1v) is 8.53. The lowest BCUT2D eigenvalue weighted by atomic mass is 9.95. The topological polar surface area (TPSA) is 98.8 Å². The van der Waals surface area contributed by atoms with Crippen molar-refractivity contribution in [3.63, 3.8) is 0 Å². The number of H-pyrrole nitrogens is 1. The summed E-state index contributed by atoms with van der Waals surface area (Å²) in [5, 5.41) is 16.9. The summed E-state index contributed by atoms with van der Waals surface area (Å²) in [6, 6.07) is 5.31. The van der Waals surface area contributed by atoms with Crippen molar-refractivity contribution < 1.29 is 19.4 Å². The number of hydrogen-bond acceptors (Lipinski definition) is 4. The summed E-state index contributed by atoms with van der Waals surface area (Å²) in [5.41, 5.74) is 3.84. The van der Waals surface area contributed by atoms with Crippen LogP contribution in [0.4, 0.5) is 16.2 Å². The highest BCUT2D eigenvalue weighted by atomic mass is 16.5. The third kappa shape index (κ3) is 2.53. The predicted molar refractivity (Wildman–Crippen MR) is 95.6 cm³/mol. The molecule has 1 saturated heterocycles. The summed E-state index contributed by atoms with van der Waals surface area (Å²) in [7, 11) is 0. The zero-order valence-electron chi connectivity index (χ0n) is 14.6. The van der Waals surface area contributed by atoms with E-state index < -0.39 is 6.09 Å². The molecule has 0 aliphatic carbocycles. The average molecular weight is 356 g/mol. The SMILES string of the molecule is CC(=O)N1c2ccc(-c3c[nH]nc3C3COC3)cc2N(C(=O)O)C[C@@H]1C. The van der Waals surface area contributed by atoms with Crippen molar-refractivity contribution in [2.75, 3.05) is 29.6 Å². The minimum absolute atomic E-state index is 0.104. The summed E-state index contributed by atoms with van der Waals surface area (Å²) in [5.74, 6) is 0.142. The molecule has 1 atom stereocenters. The Hall–Kier alpha value is -2.87. The predicted octanol–water partition coefficient (Wildman–Crippen LogP) is 2.43. The number of benzene rings is 1. The van der Waals surface area contributed by atoms with Gasteiger partial charge in [-0.1, -0.05) is 6.07 Å². The highest BCUT2D eigenvalue weighted by Gasteiger charge is 2.34. The Labute approximate surface area is 150 Å². The molecule has 0 spiro atoms. The van der Waals surface area contributed by atoms with E-state index in [0.29, 0.717) is 24.6 Å². The van der Waals surface area contributed by atoms with Crippen molar-refractivity contribution in [1.29, 1.82) is 0 Å². The van der Waals surface area contributed by atoms with Crippen molar-refractivity contribution in [2.45, 2.75) is 25.8 Å². The molecule has 0 unspecified atom stereocenters. The fraction of sp³-hybridized carbons (Fsp3) is 0.389. The maximum absolute atomic E-state index is 12.1. The third-order valence-electron chi connectivity index (χ3n) is 4.99. The summed E-state index contributed by atoms with van der Waals surface area (Å²) in [6.07, 6.45) is 0.785. The van der Waals surface area contributed by atoms with E-state index in [9.17, 15) is 14.7 Å². The van der Waals surface area contributed by atoms with Crippen LogP contribution < -0.4 is 9.80 Å². The zero-order chi connectivity index (χ0) is 18.4. The molecule has 136 valence electrons. The van der Waals surface area contributed by atoms with Crippen LogP contribution in [-0.4, -0.2) is 53.1 Å². The van der Waals surface area contributed by atoms with Crippen molar-refractivity contribution in [3.8, 4) is 11.1 Å². The first-order chi connectivity index (χ1) is 12.5. The van der Waals surface area contributed by atoms with Crippen LogP contribution in [0.25, 0.3) is 11.1 Å². The van der Waals surface area contributed by atoms with Gasteiger partial charge in [-0.05, 0) is 24.6 Å². The molecule has 3 heterocycles. The molecule has 0 saturated carbocycles. The molecule has 2 amide bonds. The van der Waals surface area contributed by atoms with Crippen LogP contribution in [0, 0.1) is 0 Å². The molecule has 2 N–H and O–H groups in total. The number of hydrogen-bond donors (Lipinski definition) is 2. The van der Waals surface area contributed by atoms with Gasteiger partial charge in [0.1, 0.15) is 0 Å². The minimum Gasteiger partial charge on any atom is -0.465 e. The van der Waals surface area contributed by atoms with E-state index >= 15 is 0 Å². The van der Waals surface area contributed by atoms with Crippen LogP contribution in [-0.2, 0) is 9.53 Å². The first-order valence-electron chi connectivity index (χ1n) is 8.53. The Morgan fingerprint density at radius 1 is 1.31 bits per heavy atom. The Balaban J connectivity index is 1.81. The van der Waals surface area contributed by atoms with Gasteiger partial charge in [-0.25, -0.2) is 4.79 Å². The van der Waals surface area contributed by atoms with Gasteiger partial charge < -0.3 is 14.7 Å². The van der Waals surface area contributed by atoms with Gasteiger partial charge in [0.05, 0.1) is 42.2 Å². The van der Waals surface area contributed by atoms with Crippen LogP contribution in [0.2, 0.25) is 0 Å². The van der Waals surface area contributed by atoms with Crippen molar-refractivity contribution in [2.24, 2.45) is 0 Å². The van der Waals surface area contributed by atoms with Gasteiger partial charge in [-0.15, -0.1) is 0 Å². The molecule has 4 rings (SSSR count). The van der Waals surface area contributed by atoms with E-state index in [0.717, 1.165) is 16.8 Å².